The molecule has 2 aromatic carbocycles. The molecule has 1 atom stereocenters. The van der Waals surface area contributed by atoms with Gasteiger partial charge in [0.05, 0.1) is 18.5 Å². The van der Waals surface area contributed by atoms with E-state index in [-0.39, 0.29) is 0 Å². The topological polar surface area (TPSA) is 30.3 Å². The van der Waals surface area contributed by atoms with Crippen molar-refractivity contribution in [3.63, 3.8) is 0 Å². The number of rotatable bonds is 5. The number of hydrogen-bond acceptors (Lipinski definition) is 3. The summed E-state index contributed by atoms with van der Waals surface area (Å²) in [4.78, 5) is 2.54. The molecule has 1 unspecified atom stereocenters. The van der Waals surface area contributed by atoms with Crippen LogP contribution in [0.15, 0.2) is 54.6 Å². The number of ether oxygens (including phenoxy) is 1. The van der Waals surface area contributed by atoms with Gasteiger partial charge in [-0.2, -0.15) is 5.10 Å². The van der Waals surface area contributed by atoms with Gasteiger partial charge in [0.2, 0.25) is 0 Å². The van der Waals surface area contributed by atoms with Crippen molar-refractivity contribution in [2.24, 2.45) is 0 Å². The van der Waals surface area contributed by atoms with E-state index in [4.69, 9.17) is 4.74 Å². The molecule has 4 rings (SSSR count). The highest BCUT2D eigenvalue weighted by atomic mass is 16.5. The molecule has 0 bridgehead atoms. The SMILES string of the molecule is COc1ccc(-n2nc(C)cc2C)cc1CN1CCC[CH]C1c1ccccc1. The van der Waals surface area contributed by atoms with Gasteiger partial charge >= 0.3 is 0 Å². The van der Waals surface area contributed by atoms with Crippen molar-refractivity contribution in [1.82, 2.24) is 14.7 Å². The van der Waals surface area contributed by atoms with Gasteiger partial charge in [0.25, 0.3) is 0 Å². The minimum atomic E-state index is 0.344. The number of piperidine rings is 1. The summed E-state index contributed by atoms with van der Waals surface area (Å²) in [6.07, 6.45) is 4.80. The first-order valence-electron chi connectivity index (χ1n) is 9.98. The Morgan fingerprint density at radius 2 is 1.89 bits per heavy atom. The van der Waals surface area contributed by atoms with E-state index in [9.17, 15) is 0 Å². The van der Waals surface area contributed by atoms with Crippen molar-refractivity contribution >= 4 is 0 Å². The summed E-state index contributed by atoms with van der Waals surface area (Å²) in [7, 11) is 1.75. The van der Waals surface area contributed by atoms with Gasteiger partial charge in [-0.25, -0.2) is 4.68 Å². The highest BCUT2D eigenvalue weighted by Gasteiger charge is 2.25. The molecule has 0 N–H and O–H groups in total. The fourth-order valence-corrected chi connectivity index (χ4v) is 4.16. The number of benzene rings is 2. The van der Waals surface area contributed by atoms with Gasteiger partial charge < -0.3 is 4.74 Å². The van der Waals surface area contributed by atoms with Gasteiger partial charge in [0.1, 0.15) is 5.75 Å². The molecular weight excluding hydrogens is 346 g/mol. The average Bonchev–Trinajstić information content (AvgIpc) is 3.07. The monoisotopic (exact) mass is 374 g/mol. The van der Waals surface area contributed by atoms with Crippen molar-refractivity contribution in [2.75, 3.05) is 13.7 Å². The van der Waals surface area contributed by atoms with Gasteiger partial charge in [-0.15, -0.1) is 0 Å². The van der Waals surface area contributed by atoms with Crippen LogP contribution in [0.4, 0.5) is 0 Å². The van der Waals surface area contributed by atoms with Crippen molar-refractivity contribution in [3.8, 4) is 11.4 Å². The lowest BCUT2D eigenvalue weighted by Gasteiger charge is -2.36. The summed E-state index contributed by atoms with van der Waals surface area (Å²) in [6, 6.07) is 19.6. The van der Waals surface area contributed by atoms with E-state index in [1.54, 1.807) is 7.11 Å². The van der Waals surface area contributed by atoms with E-state index in [2.05, 4.69) is 77.9 Å². The predicted molar refractivity (Wildman–Crippen MR) is 113 cm³/mol. The summed E-state index contributed by atoms with van der Waals surface area (Å²) < 4.78 is 7.70. The molecule has 0 aliphatic carbocycles. The molecule has 1 fully saturated rings. The number of hydrogen-bond donors (Lipinski definition) is 0. The first kappa shape index (κ1) is 18.8. The van der Waals surface area contributed by atoms with E-state index in [1.165, 1.54) is 24.0 Å². The van der Waals surface area contributed by atoms with Crippen LogP contribution in [0.5, 0.6) is 5.75 Å². The molecule has 1 saturated heterocycles. The second-order valence-corrected chi connectivity index (χ2v) is 7.54. The normalized spacial score (nSPS) is 17.6. The van der Waals surface area contributed by atoms with Crippen LogP contribution in [0.25, 0.3) is 5.69 Å². The Kier molecular flexibility index (Phi) is 5.49. The molecule has 0 amide bonds. The highest BCUT2D eigenvalue weighted by molar-refractivity contribution is 5.45. The fourth-order valence-electron chi connectivity index (χ4n) is 4.16. The second kappa shape index (κ2) is 8.19. The lowest BCUT2D eigenvalue weighted by atomic mass is 9.94. The summed E-state index contributed by atoms with van der Waals surface area (Å²) in [5.41, 5.74) is 5.81. The predicted octanol–water partition coefficient (Wildman–Crippen LogP) is 5.04. The van der Waals surface area contributed by atoms with Crippen molar-refractivity contribution < 1.29 is 4.74 Å². The molecule has 3 aromatic rings. The molecule has 145 valence electrons. The standard InChI is InChI=1S/C24H28N3O/c1-18-15-19(2)27(25-18)22-12-13-24(28-3)21(16-22)17-26-14-8-7-11-23(26)20-9-5-4-6-10-20/h4-6,9-13,15-16,23H,7-8,14,17H2,1-3H3. The van der Waals surface area contributed by atoms with Crippen LogP contribution in [0.2, 0.25) is 0 Å². The minimum Gasteiger partial charge on any atom is -0.496 e. The molecule has 1 aliphatic rings. The summed E-state index contributed by atoms with van der Waals surface area (Å²) in [6.45, 7) is 6.06. The van der Waals surface area contributed by atoms with E-state index < -0.39 is 0 Å². The molecular formula is C24H28N3O. The zero-order valence-electron chi connectivity index (χ0n) is 16.9. The number of aromatic nitrogens is 2. The number of methoxy groups -OCH3 is 1. The lowest BCUT2D eigenvalue weighted by Crippen LogP contribution is -2.33. The third kappa shape index (κ3) is 3.83. The highest BCUT2D eigenvalue weighted by Crippen LogP contribution is 2.33. The molecule has 1 radical (unpaired) electrons. The van der Waals surface area contributed by atoms with Gasteiger partial charge in [0, 0.05) is 23.8 Å². The van der Waals surface area contributed by atoms with Gasteiger partial charge in [0.15, 0.2) is 0 Å². The summed E-state index contributed by atoms with van der Waals surface area (Å²) >= 11 is 0. The zero-order valence-corrected chi connectivity index (χ0v) is 16.9. The van der Waals surface area contributed by atoms with E-state index in [0.29, 0.717) is 6.04 Å². The Morgan fingerprint density at radius 1 is 1.07 bits per heavy atom. The van der Waals surface area contributed by atoms with Gasteiger partial charge in [-0.1, -0.05) is 30.3 Å². The number of aryl methyl sites for hydroxylation is 2. The van der Waals surface area contributed by atoms with Crippen LogP contribution in [-0.4, -0.2) is 28.3 Å². The van der Waals surface area contributed by atoms with Crippen LogP contribution >= 0.6 is 0 Å². The first-order chi connectivity index (χ1) is 13.7. The van der Waals surface area contributed by atoms with Crippen LogP contribution in [0, 0.1) is 20.3 Å². The van der Waals surface area contributed by atoms with Crippen molar-refractivity contribution in [1.29, 1.82) is 0 Å². The Balaban J connectivity index is 1.65. The molecule has 1 aliphatic heterocycles. The molecule has 1 aromatic heterocycles. The van der Waals surface area contributed by atoms with Crippen LogP contribution in [-0.2, 0) is 6.54 Å². The third-order valence-corrected chi connectivity index (χ3v) is 5.47. The van der Waals surface area contributed by atoms with E-state index >= 15 is 0 Å². The molecule has 4 heteroatoms. The van der Waals surface area contributed by atoms with E-state index in [1.807, 2.05) is 11.6 Å². The summed E-state index contributed by atoms with van der Waals surface area (Å²) in [5.74, 6) is 0.933. The Hall–Kier alpha value is -2.59. The van der Waals surface area contributed by atoms with Crippen molar-refractivity contribution in [3.05, 3.63) is 83.5 Å². The van der Waals surface area contributed by atoms with Crippen LogP contribution in [0.1, 0.15) is 41.4 Å². The van der Waals surface area contributed by atoms with E-state index in [0.717, 1.165) is 35.9 Å². The average molecular weight is 375 g/mol. The lowest BCUT2D eigenvalue weighted by molar-refractivity contribution is 0.177. The third-order valence-electron chi connectivity index (χ3n) is 5.47. The largest absolute Gasteiger partial charge is 0.496 e. The maximum Gasteiger partial charge on any atom is 0.123 e. The van der Waals surface area contributed by atoms with Crippen LogP contribution in [0.3, 0.4) is 0 Å². The fraction of sp³-hybridized carbons (Fsp3) is 0.333. The van der Waals surface area contributed by atoms with Crippen molar-refractivity contribution in [2.45, 2.75) is 39.3 Å². The molecule has 2 heterocycles. The molecule has 4 nitrogen and oxygen atoms in total. The van der Waals surface area contributed by atoms with Gasteiger partial charge in [-0.05, 0) is 69.5 Å². The maximum absolute atomic E-state index is 5.69. The minimum absolute atomic E-state index is 0.344. The maximum atomic E-state index is 5.69. The zero-order chi connectivity index (χ0) is 19.5. The summed E-state index contributed by atoms with van der Waals surface area (Å²) in [5, 5.41) is 4.64. The van der Waals surface area contributed by atoms with Crippen LogP contribution < -0.4 is 4.74 Å². The molecule has 0 spiro atoms. The number of likely N-dealkylation sites (tertiary alicyclic amines) is 1. The quantitative estimate of drug-likeness (QED) is 0.627. The molecule has 28 heavy (non-hydrogen) atoms. The Bertz CT molecular complexity index is 932. The molecule has 0 saturated carbocycles. The Morgan fingerprint density at radius 3 is 2.61 bits per heavy atom. The number of nitrogens with zero attached hydrogens (tertiary/aromatic N) is 3. The van der Waals surface area contributed by atoms with Gasteiger partial charge in [-0.3, -0.25) is 4.90 Å². The smallest absolute Gasteiger partial charge is 0.123 e. The first-order valence-corrected chi connectivity index (χ1v) is 9.98. The second-order valence-electron chi connectivity index (χ2n) is 7.54. The Labute approximate surface area is 167 Å².